The molecule has 0 radical (unpaired) electrons. The molecular weight excluding hydrogens is 242 g/mol. The highest BCUT2D eigenvalue weighted by Crippen LogP contribution is 2.33. The van der Waals surface area contributed by atoms with Crippen molar-refractivity contribution < 1.29 is 27.8 Å². The van der Waals surface area contributed by atoms with Crippen LogP contribution in [0.15, 0.2) is 18.2 Å². The largest absolute Gasteiger partial charge is 0.419 e. The Bertz CT molecular complexity index is 453. The van der Waals surface area contributed by atoms with Gasteiger partial charge in [0.25, 0.3) is 0 Å². The minimum atomic E-state index is -4.91. The standard InChI is InChI=1S/C10H7F4NO2/c11-7-2-1-5(9(17)8(16)4-15)3-6(7)10(12,13)14/h1-3,8-9,16-17H. The maximum absolute atomic E-state index is 12.9. The van der Waals surface area contributed by atoms with Crippen LogP contribution in [-0.2, 0) is 6.18 Å². The molecule has 17 heavy (non-hydrogen) atoms. The van der Waals surface area contributed by atoms with Gasteiger partial charge in [0.2, 0.25) is 0 Å². The second-order valence-corrected chi connectivity index (χ2v) is 3.26. The first kappa shape index (κ1) is 13.4. The average molecular weight is 249 g/mol. The number of halogens is 4. The van der Waals surface area contributed by atoms with Crippen LogP contribution < -0.4 is 0 Å². The van der Waals surface area contributed by atoms with Gasteiger partial charge in [-0.05, 0) is 17.7 Å². The van der Waals surface area contributed by atoms with E-state index in [1.54, 1.807) is 0 Å². The Labute approximate surface area is 93.5 Å². The average Bonchev–Trinajstić information content (AvgIpc) is 2.26. The molecule has 0 aromatic heterocycles. The van der Waals surface area contributed by atoms with E-state index < -0.39 is 29.8 Å². The normalized spacial score (nSPS) is 15.1. The molecule has 2 atom stereocenters. The molecule has 2 N–H and O–H groups in total. The first-order chi connectivity index (χ1) is 7.77. The van der Waals surface area contributed by atoms with Gasteiger partial charge in [0, 0.05) is 0 Å². The maximum atomic E-state index is 12.9. The van der Waals surface area contributed by atoms with Crippen molar-refractivity contribution >= 4 is 0 Å². The topological polar surface area (TPSA) is 64.2 Å². The van der Waals surface area contributed by atoms with E-state index in [0.717, 1.165) is 6.07 Å². The third kappa shape index (κ3) is 2.93. The summed E-state index contributed by atoms with van der Waals surface area (Å²) in [6, 6.07) is 3.02. The molecular formula is C10H7F4NO2. The monoisotopic (exact) mass is 249 g/mol. The maximum Gasteiger partial charge on any atom is 0.419 e. The lowest BCUT2D eigenvalue weighted by Crippen LogP contribution is -2.17. The van der Waals surface area contributed by atoms with Crippen LogP contribution >= 0.6 is 0 Å². The van der Waals surface area contributed by atoms with E-state index in [4.69, 9.17) is 10.4 Å². The fraction of sp³-hybridized carbons (Fsp3) is 0.300. The second kappa shape index (κ2) is 4.69. The Hall–Kier alpha value is -1.65. The van der Waals surface area contributed by atoms with Gasteiger partial charge in [0.1, 0.15) is 11.9 Å². The van der Waals surface area contributed by atoms with Crippen LogP contribution in [0, 0.1) is 17.1 Å². The van der Waals surface area contributed by atoms with Crippen molar-refractivity contribution in [3.8, 4) is 6.07 Å². The zero-order valence-corrected chi connectivity index (χ0v) is 8.24. The van der Waals surface area contributed by atoms with Gasteiger partial charge in [0.15, 0.2) is 6.10 Å². The molecule has 0 saturated carbocycles. The summed E-state index contributed by atoms with van der Waals surface area (Å²) >= 11 is 0. The molecule has 1 aromatic carbocycles. The molecule has 0 aliphatic rings. The van der Waals surface area contributed by atoms with Crippen molar-refractivity contribution in [2.45, 2.75) is 18.4 Å². The lowest BCUT2D eigenvalue weighted by Gasteiger charge is -2.15. The number of hydrogen-bond donors (Lipinski definition) is 2. The van der Waals surface area contributed by atoms with Gasteiger partial charge in [0.05, 0.1) is 11.6 Å². The number of nitriles is 1. The fourth-order valence-electron chi connectivity index (χ4n) is 1.20. The Morgan fingerprint density at radius 2 is 1.82 bits per heavy atom. The lowest BCUT2D eigenvalue weighted by atomic mass is 10.0. The van der Waals surface area contributed by atoms with Crippen LogP contribution in [0.25, 0.3) is 0 Å². The number of aliphatic hydroxyl groups is 2. The molecule has 1 rings (SSSR count). The number of rotatable bonds is 2. The number of alkyl halides is 3. The van der Waals surface area contributed by atoms with E-state index in [1.165, 1.54) is 6.07 Å². The van der Waals surface area contributed by atoms with Crippen LogP contribution in [0.2, 0.25) is 0 Å². The van der Waals surface area contributed by atoms with Gasteiger partial charge in [-0.1, -0.05) is 6.07 Å². The van der Waals surface area contributed by atoms with Gasteiger partial charge in [-0.2, -0.15) is 18.4 Å². The number of nitrogens with zero attached hydrogens (tertiary/aromatic N) is 1. The summed E-state index contributed by atoms with van der Waals surface area (Å²) < 4.78 is 49.9. The third-order valence-corrected chi connectivity index (χ3v) is 2.07. The van der Waals surface area contributed by atoms with E-state index in [-0.39, 0.29) is 5.56 Å². The first-order valence-corrected chi connectivity index (χ1v) is 4.39. The number of benzene rings is 1. The van der Waals surface area contributed by atoms with Crippen LogP contribution in [0.1, 0.15) is 17.2 Å². The molecule has 1 aromatic rings. The Kier molecular flexibility index (Phi) is 3.70. The number of aliphatic hydroxyl groups excluding tert-OH is 2. The van der Waals surface area contributed by atoms with Gasteiger partial charge in [-0.3, -0.25) is 0 Å². The summed E-state index contributed by atoms with van der Waals surface area (Å²) in [7, 11) is 0. The van der Waals surface area contributed by atoms with Crippen LogP contribution in [0.5, 0.6) is 0 Å². The SMILES string of the molecule is N#CC(O)C(O)c1ccc(F)c(C(F)(F)F)c1. The summed E-state index contributed by atoms with van der Waals surface area (Å²) in [4.78, 5) is 0. The number of hydrogen-bond acceptors (Lipinski definition) is 3. The van der Waals surface area contributed by atoms with Crippen LogP contribution in [0.3, 0.4) is 0 Å². The highest BCUT2D eigenvalue weighted by Gasteiger charge is 2.35. The quantitative estimate of drug-likeness (QED) is 0.620. The minimum Gasteiger partial charge on any atom is -0.385 e. The Morgan fingerprint density at radius 1 is 1.24 bits per heavy atom. The van der Waals surface area contributed by atoms with Crippen molar-refractivity contribution in [1.82, 2.24) is 0 Å². The van der Waals surface area contributed by atoms with Crippen molar-refractivity contribution in [1.29, 1.82) is 5.26 Å². The Morgan fingerprint density at radius 3 is 2.29 bits per heavy atom. The van der Waals surface area contributed by atoms with Gasteiger partial charge < -0.3 is 10.2 Å². The van der Waals surface area contributed by atoms with E-state index in [0.29, 0.717) is 12.1 Å². The molecule has 92 valence electrons. The Balaban J connectivity index is 3.18. The van der Waals surface area contributed by atoms with Crippen molar-refractivity contribution in [3.05, 3.63) is 35.1 Å². The molecule has 7 heteroatoms. The molecule has 0 aliphatic carbocycles. The van der Waals surface area contributed by atoms with Crippen molar-refractivity contribution in [2.75, 3.05) is 0 Å². The first-order valence-electron chi connectivity index (χ1n) is 4.39. The van der Waals surface area contributed by atoms with Crippen molar-refractivity contribution in [2.24, 2.45) is 0 Å². The van der Waals surface area contributed by atoms with E-state index >= 15 is 0 Å². The molecule has 0 heterocycles. The lowest BCUT2D eigenvalue weighted by molar-refractivity contribution is -0.140. The van der Waals surface area contributed by atoms with Crippen LogP contribution in [0.4, 0.5) is 17.6 Å². The molecule has 0 aliphatic heterocycles. The smallest absolute Gasteiger partial charge is 0.385 e. The molecule has 0 bridgehead atoms. The summed E-state index contributed by atoms with van der Waals surface area (Å²) in [5.41, 5.74) is -1.94. The molecule has 3 nitrogen and oxygen atoms in total. The summed E-state index contributed by atoms with van der Waals surface area (Å²) in [5, 5.41) is 26.6. The molecule has 0 spiro atoms. The summed E-state index contributed by atoms with van der Waals surface area (Å²) in [6.07, 6.45) is -8.60. The molecule has 0 saturated heterocycles. The second-order valence-electron chi connectivity index (χ2n) is 3.26. The highest BCUT2D eigenvalue weighted by molar-refractivity contribution is 5.30. The van der Waals surface area contributed by atoms with E-state index in [1.807, 2.05) is 0 Å². The zero-order valence-electron chi connectivity index (χ0n) is 8.24. The van der Waals surface area contributed by atoms with E-state index in [9.17, 15) is 22.7 Å². The fourth-order valence-corrected chi connectivity index (χ4v) is 1.20. The van der Waals surface area contributed by atoms with E-state index in [2.05, 4.69) is 0 Å². The highest BCUT2D eigenvalue weighted by atomic mass is 19.4. The van der Waals surface area contributed by atoms with Gasteiger partial charge in [-0.15, -0.1) is 0 Å². The van der Waals surface area contributed by atoms with Crippen molar-refractivity contribution in [3.63, 3.8) is 0 Å². The van der Waals surface area contributed by atoms with Gasteiger partial charge >= 0.3 is 6.18 Å². The van der Waals surface area contributed by atoms with Gasteiger partial charge in [-0.25, -0.2) is 4.39 Å². The zero-order chi connectivity index (χ0) is 13.2. The minimum absolute atomic E-state index is 0.362. The summed E-state index contributed by atoms with van der Waals surface area (Å²) in [5.74, 6) is -1.49. The summed E-state index contributed by atoms with van der Waals surface area (Å²) in [6.45, 7) is 0. The predicted octanol–water partition coefficient (Wildman–Crippen LogP) is 1.76. The molecule has 0 amide bonds. The van der Waals surface area contributed by atoms with Crippen LogP contribution in [-0.4, -0.2) is 16.3 Å². The predicted molar refractivity (Wildman–Crippen MR) is 48.0 cm³/mol. The third-order valence-electron chi connectivity index (χ3n) is 2.07. The molecule has 0 fully saturated rings. The molecule has 2 unspecified atom stereocenters.